The van der Waals surface area contributed by atoms with Gasteiger partial charge in [0.05, 0.1) is 28.2 Å². The third-order valence-corrected chi connectivity index (χ3v) is 11.0. The van der Waals surface area contributed by atoms with Crippen LogP contribution in [0.2, 0.25) is 13.1 Å². The Bertz CT molecular complexity index is 2390. The SMILES string of the molecule is CCc1cc2c(-c3ccc([N+](C)(C)Cc4ccccc4)cc3)cccc2[cH-]1.CCc1cc2c(-c3ccc([N+](C)(C)Cc4ccccc4)cc3)cccc2[cH-]1.C[Si]C.[Cl][Zr]([Cl])([Cl])[Cl]. The van der Waals surface area contributed by atoms with Gasteiger partial charge in [-0.15, -0.1) is 69.1 Å². The molecule has 0 aliphatic rings. The second-order valence-electron chi connectivity index (χ2n) is 16.7. The van der Waals surface area contributed by atoms with Gasteiger partial charge in [-0.1, -0.05) is 111 Å². The first-order chi connectivity index (χ1) is 29.5. The summed E-state index contributed by atoms with van der Waals surface area (Å²) in [7, 11) is 30.3. The molecule has 0 amide bonds. The Balaban J connectivity index is 0.000000200. The summed E-state index contributed by atoms with van der Waals surface area (Å²) < 4.78 is 1.68. The molecule has 0 aliphatic carbocycles. The van der Waals surface area contributed by atoms with E-state index in [4.69, 9.17) is 34.1 Å². The molecule has 8 aromatic carbocycles. The zero-order chi connectivity index (χ0) is 44.9. The van der Waals surface area contributed by atoms with Crippen LogP contribution in [0.25, 0.3) is 43.8 Å². The van der Waals surface area contributed by atoms with Crippen LogP contribution in [-0.4, -0.2) is 37.7 Å². The Hall–Kier alpha value is -3.28. The van der Waals surface area contributed by atoms with Gasteiger partial charge < -0.3 is 0 Å². The Kier molecular flexibility index (Phi) is 18.5. The van der Waals surface area contributed by atoms with Crippen molar-refractivity contribution in [2.24, 2.45) is 0 Å². The number of quaternary nitrogens is 2. The van der Waals surface area contributed by atoms with Gasteiger partial charge in [0.15, 0.2) is 0 Å². The first-order valence-electron chi connectivity index (χ1n) is 21.2. The number of hydrogen-bond acceptors (Lipinski definition) is 0. The fraction of sp³-hybridized carbons (Fsp3) is 0.222. The van der Waals surface area contributed by atoms with E-state index < -0.39 is 15.5 Å². The Morgan fingerprint density at radius 2 is 0.790 bits per heavy atom. The molecule has 0 heterocycles. The van der Waals surface area contributed by atoms with Crippen molar-refractivity contribution in [2.75, 3.05) is 28.2 Å². The van der Waals surface area contributed by atoms with E-state index in [1.807, 2.05) is 0 Å². The summed E-state index contributed by atoms with van der Waals surface area (Å²) in [5.41, 5.74) is 13.4. The third-order valence-electron chi connectivity index (χ3n) is 11.0. The predicted molar refractivity (Wildman–Crippen MR) is 277 cm³/mol. The quantitative estimate of drug-likeness (QED) is 0.0728. The monoisotopic (exact) mass is 994 g/mol. The van der Waals surface area contributed by atoms with E-state index in [0.717, 1.165) is 44.4 Å². The number of fused-ring (bicyclic) bond motifs is 2. The molecule has 0 spiro atoms. The number of halogens is 4. The molecular weight excluding hydrogens is 938 g/mol. The molecule has 2 nitrogen and oxygen atoms in total. The topological polar surface area (TPSA) is 0 Å². The maximum absolute atomic E-state index is 5.04. The molecule has 2 radical (unpaired) electrons. The van der Waals surface area contributed by atoms with E-state index in [9.17, 15) is 0 Å². The fourth-order valence-corrected chi connectivity index (χ4v) is 7.86. The molecule has 0 atom stereocenters. The van der Waals surface area contributed by atoms with Crippen LogP contribution in [-0.2, 0) is 41.4 Å². The van der Waals surface area contributed by atoms with Crippen LogP contribution in [0.5, 0.6) is 0 Å². The van der Waals surface area contributed by atoms with Crippen molar-refractivity contribution in [3.63, 3.8) is 0 Å². The molecule has 8 rings (SSSR count). The van der Waals surface area contributed by atoms with Crippen LogP contribution in [0, 0.1) is 0 Å². The van der Waals surface area contributed by atoms with Crippen LogP contribution in [0.3, 0.4) is 0 Å². The van der Waals surface area contributed by atoms with Crippen molar-refractivity contribution >= 4 is 76.5 Å². The van der Waals surface area contributed by atoms with E-state index in [2.05, 4.69) is 225 Å². The molecule has 62 heavy (non-hydrogen) atoms. The minimum absolute atomic E-state index is 0.838. The van der Waals surface area contributed by atoms with Gasteiger partial charge in [-0.2, -0.15) is 12.1 Å². The van der Waals surface area contributed by atoms with Crippen molar-refractivity contribution in [2.45, 2.75) is 52.9 Å². The maximum atomic E-state index is 5.04. The Morgan fingerprint density at radius 1 is 0.468 bits per heavy atom. The average Bonchev–Trinajstić information content (AvgIpc) is 3.89. The number of nitrogens with zero attached hydrogens (tertiary/aromatic N) is 2. The zero-order valence-corrected chi connectivity index (χ0v) is 43.9. The normalized spacial score (nSPS) is 11.5. The van der Waals surface area contributed by atoms with Crippen molar-refractivity contribution in [3.05, 3.63) is 192 Å². The Morgan fingerprint density at radius 3 is 1.10 bits per heavy atom. The van der Waals surface area contributed by atoms with Gasteiger partial charge in [-0.05, 0) is 72.5 Å². The summed E-state index contributed by atoms with van der Waals surface area (Å²) in [6.07, 6.45) is 2.16. The molecule has 0 fully saturated rings. The van der Waals surface area contributed by atoms with Gasteiger partial charge in [0.1, 0.15) is 24.5 Å². The van der Waals surface area contributed by atoms with E-state index in [1.165, 1.54) is 77.4 Å². The van der Waals surface area contributed by atoms with Gasteiger partial charge in [0.25, 0.3) is 0 Å². The summed E-state index contributed by atoms with van der Waals surface area (Å²) in [6.45, 7) is 10.7. The summed E-state index contributed by atoms with van der Waals surface area (Å²) >= 11 is -3.29. The summed E-state index contributed by atoms with van der Waals surface area (Å²) in [4.78, 5) is 0. The van der Waals surface area contributed by atoms with Crippen LogP contribution < -0.4 is 8.97 Å². The van der Waals surface area contributed by atoms with Crippen LogP contribution in [0.4, 0.5) is 11.4 Å². The average molecular weight is 998 g/mol. The van der Waals surface area contributed by atoms with Crippen molar-refractivity contribution in [1.29, 1.82) is 0 Å². The van der Waals surface area contributed by atoms with Gasteiger partial charge in [-0.25, -0.2) is 0 Å². The van der Waals surface area contributed by atoms with Crippen molar-refractivity contribution < 1.29 is 15.5 Å². The molecule has 0 aromatic heterocycles. The number of hydrogen-bond donors (Lipinski definition) is 0. The fourth-order valence-electron chi connectivity index (χ4n) is 7.86. The summed E-state index contributed by atoms with van der Waals surface area (Å²) in [5.74, 6) is 0. The predicted octanol–water partition coefficient (Wildman–Crippen LogP) is 16.7. The molecule has 0 N–H and O–H groups in total. The van der Waals surface area contributed by atoms with Gasteiger partial charge >= 0.3 is 49.5 Å². The minimum atomic E-state index is -3.29. The zero-order valence-electron chi connectivity index (χ0n) is 37.4. The second kappa shape index (κ2) is 23.1. The molecule has 0 aliphatic heterocycles. The van der Waals surface area contributed by atoms with E-state index >= 15 is 0 Å². The third kappa shape index (κ3) is 14.4. The number of rotatable bonds is 10. The van der Waals surface area contributed by atoms with E-state index in [1.54, 1.807) is 0 Å². The van der Waals surface area contributed by atoms with Gasteiger partial charge in [0.2, 0.25) is 0 Å². The van der Waals surface area contributed by atoms with Crippen LogP contribution in [0.1, 0.15) is 36.1 Å². The first kappa shape index (κ1) is 49.7. The van der Waals surface area contributed by atoms with E-state index in [0.29, 0.717) is 0 Å². The molecule has 0 saturated carbocycles. The molecular formula is C54H60Cl4N2SiZr. The van der Waals surface area contributed by atoms with Crippen LogP contribution in [0.15, 0.2) is 170 Å². The van der Waals surface area contributed by atoms with Gasteiger partial charge in [-0.3, -0.25) is 8.97 Å². The van der Waals surface area contributed by atoms with Crippen molar-refractivity contribution in [1.82, 2.24) is 8.97 Å². The van der Waals surface area contributed by atoms with E-state index in [-0.39, 0.29) is 0 Å². The second-order valence-corrected chi connectivity index (χ2v) is 40.1. The number of aryl methyl sites for hydroxylation is 2. The molecule has 0 saturated heterocycles. The standard InChI is InChI=1S/2C26H27N.C2H6Si.4ClH.Zr/c2*1-4-20-17-23-11-8-12-25(26(23)18-20)22-13-15-24(16-14-22)27(2,3)19-21-9-6-5-7-10-21;1-3-2;;;;;/h2*5-18H,4,19H2,1-3H3;1-2H3;4*1H;/q;;;;;;;+4/p-4. The Labute approximate surface area is 393 Å². The summed E-state index contributed by atoms with van der Waals surface area (Å²) in [5, 5.41) is 5.41. The molecule has 8 heteroatoms. The van der Waals surface area contributed by atoms with Gasteiger partial charge in [0, 0.05) is 20.6 Å². The number of benzene rings is 6. The molecule has 322 valence electrons. The van der Waals surface area contributed by atoms with Crippen molar-refractivity contribution in [3.8, 4) is 22.3 Å². The molecule has 0 unspecified atom stereocenters. The molecule has 8 aromatic rings. The summed E-state index contributed by atoms with van der Waals surface area (Å²) in [6, 6.07) is 62.2. The first-order valence-corrected chi connectivity index (χ1v) is 35.9. The molecule has 0 bridgehead atoms. The van der Waals surface area contributed by atoms with Crippen LogP contribution >= 0.6 is 34.1 Å².